The van der Waals surface area contributed by atoms with E-state index in [4.69, 9.17) is 5.11 Å². The van der Waals surface area contributed by atoms with Crippen LogP contribution in [0.4, 0.5) is 0 Å². The minimum atomic E-state index is -0.981. The summed E-state index contributed by atoms with van der Waals surface area (Å²) < 4.78 is 0. The number of aliphatic carboxylic acids is 1. The van der Waals surface area contributed by atoms with Gasteiger partial charge in [0.2, 0.25) is 0 Å². The van der Waals surface area contributed by atoms with Crippen molar-refractivity contribution in [2.24, 2.45) is 0 Å². The number of carboxylic acids is 1. The van der Waals surface area contributed by atoms with Crippen LogP contribution in [0.2, 0.25) is 0 Å². The van der Waals surface area contributed by atoms with Gasteiger partial charge in [-0.1, -0.05) is 30.9 Å². The van der Waals surface area contributed by atoms with Gasteiger partial charge in [-0.05, 0) is 6.42 Å². The van der Waals surface area contributed by atoms with Gasteiger partial charge in [0.25, 0.3) is 0 Å². The second-order valence-electron chi connectivity index (χ2n) is 1.63. The normalized spacial score (nSPS) is 12.0. The molecule has 0 heterocycles. The molecule has 10 heavy (non-hydrogen) atoms. The van der Waals surface area contributed by atoms with Crippen LogP contribution >= 0.6 is 0 Å². The molecule has 0 saturated heterocycles. The highest BCUT2D eigenvalue weighted by molar-refractivity contribution is 5.78. The van der Waals surface area contributed by atoms with Gasteiger partial charge in [0.05, 0.1) is 0 Å². The van der Waals surface area contributed by atoms with E-state index >= 15 is 0 Å². The molecule has 1 rings (SSSR count). The Kier molecular flexibility index (Phi) is 5.06. The van der Waals surface area contributed by atoms with Crippen LogP contribution in [0.3, 0.4) is 0 Å². The third-order valence-corrected chi connectivity index (χ3v) is 0.830. The van der Waals surface area contributed by atoms with E-state index in [9.17, 15) is 4.79 Å². The van der Waals surface area contributed by atoms with Crippen LogP contribution in [0.5, 0.6) is 0 Å². The van der Waals surface area contributed by atoms with Gasteiger partial charge in [-0.25, -0.2) is 4.79 Å². The molecule has 0 unspecified atom stereocenters. The van der Waals surface area contributed by atoms with Gasteiger partial charge in [0.15, 0.2) is 0 Å². The Morgan fingerprint density at radius 2 is 1.90 bits per heavy atom. The summed E-state index contributed by atoms with van der Waals surface area (Å²) in [4.78, 5) is 9.25. The van der Waals surface area contributed by atoms with Crippen molar-refractivity contribution in [2.75, 3.05) is 0 Å². The van der Waals surface area contributed by atoms with Gasteiger partial charge in [-0.2, -0.15) is 0 Å². The molecule has 0 fully saturated rings. The SMILES string of the molecule is C1=CCC=C1.C=CC(=O)O. The van der Waals surface area contributed by atoms with Crippen LogP contribution in [0, 0.1) is 0 Å². The fourth-order valence-electron chi connectivity index (χ4n) is 0.393. The summed E-state index contributed by atoms with van der Waals surface area (Å²) in [6.45, 7) is 2.96. The van der Waals surface area contributed by atoms with E-state index in [0.717, 1.165) is 12.5 Å². The highest BCUT2D eigenvalue weighted by Gasteiger charge is 1.73. The second-order valence-corrected chi connectivity index (χ2v) is 1.63. The van der Waals surface area contributed by atoms with Gasteiger partial charge < -0.3 is 5.11 Å². The number of hydrogen-bond donors (Lipinski definition) is 1. The fraction of sp³-hybridized carbons (Fsp3) is 0.125. The number of carbonyl (C=O) groups is 1. The lowest BCUT2D eigenvalue weighted by Crippen LogP contribution is -1.82. The quantitative estimate of drug-likeness (QED) is 0.560. The maximum atomic E-state index is 9.25. The van der Waals surface area contributed by atoms with Crippen LogP contribution in [-0.4, -0.2) is 11.1 Å². The van der Waals surface area contributed by atoms with Crippen LogP contribution < -0.4 is 0 Å². The lowest BCUT2D eigenvalue weighted by atomic mass is 10.5. The van der Waals surface area contributed by atoms with Crippen molar-refractivity contribution in [3.05, 3.63) is 37.0 Å². The standard InChI is InChI=1S/C5H6.C3H4O2/c1-2-4-5-3-1;1-2-3(4)5/h1-4H,5H2;2H,1H2,(H,4,5). The Hall–Kier alpha value is -1.31. The number of hydrogen-bond acceptors (Lipinski definition) is 1. The summed E-state index contributed by atoms with van der Waals surface area (Å²) in [5.74, 6) is -0.981. The second kappa shape index (κ2) is 5.82. The molecule has 0 aromatic carbocycles. The molecule has 0 bridgehead atoms. The molecule has 2 nitrogen and oxygen atoms in total. The average molecular weight is 138 g/mol. The Labute approximate surface area is 60.2 Å². The maximum Gasteiger partial charge on any atom is 0.327 e. The van der Waals surface area contributed by atoms with Crippen molar-refractivity contribution < 1.29 is 9.90 Å². The molecule has 2 heteroatoms. The molecule has 1 aliphatic rings. The fourth-order valence-corrected chi connectivity index (χ4v) is 0.393. The summed E-state index contributed by atoms with van der Waals surface area (Å²) in [7, 11) is 0. The molecule has 54 valence electrons. The van der Waals surface area contributed by atoms with Gasteiger partial charge in [-0.15, -0.1) is 0 Å². The van der Waals surface area contributed by atoms with Crippen molar-refractivity contribution in [3.8, 4) is 0 Å². The molecule has 0 aromatic rings. The first-order chi connectivity index (χ1) is 4.77. The molecule has 0 amide bonds. The lowest BCUT2D eigenvalue weighted by Gasteiger charge is -1.64. The van der Waals surface area contributed by atoms with E-state index in [0.29, 0.717) is 0 Å². The van der Waals surface area contributed by atoms with Crippen LogP contribution in [0.15, 0.2) is 37.0 Å². The summed E-state index contributed by atoms with van der Waals surface area (Å²) >= 11 is 0. The van der Waals surface area contributed by atoms with E-state index in [1.807, 2.05) is 0 Å². The highest BCUT2D eigenvalue weighted by atomic mass is 16.4. The average Bonchev–Trinajstić information content (AvgIpc) is 2.43. The molecule has 0 saturated carbocycles. The Morgan fingerprint density at radius 1 is 1.50 bits per heavy atom. The highest BCUT2D eigenvalue weighted by Crippen LogP contribution is 1.93. The minimum absolute atomic E-state index is 0.833. The Bertz CT molecular complexity index is 156. The minimum Gasteiger partial charge on any atom is -0.478 e. The topological polar surface area (TPSA) is 37.3 Å². The van der Waals surface area contributed by atoms with Gasteiger partial charge in [0, 0.05) is 6.08 Å². The smallest absolute Gasteiger partial charge is 0.327 e. The zero-order chi connectivity index (χ0) is 7.82. The molecule has 0 radical (unpaired) electrons. The van der Waals surface area contributed by atoms with Crippen molar-refractivity contribution >= 4 is 5.97 Å². The molecule has 1 N–H and O–H groups in total. The molecule has 0 atom stereocenters. The van der Waals surface area contributed by atoms with Crippen LogP contribution in [0.1, 0.15) is 6.42 Å². The Balaban J connectivity index is 0.000000162. The number of allylic oxidation sites excluding steroid dienone is 4. The predicted molar refractivity (Wildman–Crippen MR) is 40.7 cm³/mol. The Morgan fingerprint density at radius 3 is 2.00 bits per heavy atom. The van der Waals surface area contributed by atoms with Crippen molar-refractivity contribution in [3.63, 3.8) is 0 Å². The van der Waals surface area contributed by atoms with E-state index in [1.165, 1.54) is 0 Å². The third kappa shape index (κ3) is 6.69. The largest absolute Gasteiger partial charge is 0.478 e. The van der Waals surface area contributed by atoms with Gasteiger partial charge >= 0.3 is 5.97 Å². The summed E-state index contributed by atoms with van der Waals surface area (Å²) in [6.07, 6.45) is 10.3. The first kappa shape index (κ1) is 8.69. The summed E-state index contributed by atoms with van der Waals surface area (Å²) in [6, 6.07) is 0. The predicted octanol–water partition coefficient (Wildman–Crippen LogP) is 1.76. The zero-order valence-corrected chi connectivity index (χ0v) is 5.66. The maximum absolute atomic E-state index is 9.25. The van der Waals surface area contributed by atoms with E-state index in [-0.39, 0.29) is 0 Å². The third-order valence-electron chi connectivity index (χ3n) is 0.830. The lowest BCUT2D eigenvalue weighted by molar-refractivity contribution is -0.131. The molecule has 0 aromatic heterocycles. The van der Waals surface area contributed by atoms with E-state index < -0.39 is 5.97 Å². The molecule has 0 spiro atoms. The van der Waals surface area contributed by atoms with Gasteiger partial charge in [-0.3, -0.25) is 0 Å². The van der Waals surface area contributed by atoms with Crippen molar-refractivity contribution in [1.29, 1.82) is 0 Å². The van der Waals surface area contributed by atoms with E-state index in [2.05, 4.69) is 30.9 Å². The monoisotopic (exact) mass is 138 g/mol. The summed E-state index contributed by atoms with van der Waals surface area (Å²) in [5, 5.41) is 7.60. The molecule has 1 aliphatic carbocycles. The first-order valence-corrected chi connectivity index (χ1v) is 2.94. The number of carboxylic acid groups (broad SMARTS) is 1. The molecule has 0 aliphatic heterocycles. The molecular formula is C8H10O2. The first-order valence-electron chi connectivity index (χ1n) is 2.94. The zero-order valence-electron chi connectivity index (χ0n) is 5.66. The van der Waals surface area contributed by atoms with Gasteiger partial charge in [0.1, 0.15) is 0 Å². The summed E-state index contributed by atoms with van der Waals surface area (Å²) in [5.41, 5.74) is 0. The van der Waals surface area contributed by atoms with Crippen LogP contribution in [-0.2, 0) is 4.79 Å². The molecular weight excluding hydrogens is 128 g/mol. The van der Waals surface area contributed by atoms with Crippen LogP contribution in [0.25, 0.3) is 0 Å². The van der Waals surface area contributed by atoms with E-state index in [1.54, 1.807) is 0 Å². The number of rotatable bonds is 1. The van der Waals surface area contributed by atoms with Crippen molar-refractivity contribution in [1.82, 2.24) is 0 Å². The van der Waals surface area contributed by atoms with Crippen molar-refractivity contribution in [2.45, 2.75) is 6.42 Å².